The molecular weight excluding hydrogens is 262 g/mol. The van der Waals surface area contributed by atoms with Crippen molar-refractivity contribution in [1.29, 1.82) is 0 Å². The molecule has 0 spiro atoms. The third-order valence-electron chi connectivity index (χ3n) is 3.33. The number of anilines is 1. The quantitative estimate of drug-likeness (QED) is 0.847. The number of nitrogens with zero attached hydrogens (tertiary/aromatic N) is 3. The fraction of sp³-hybridized carbons (Fsp3) is 0.118. The van der Waals surface area contributed by atoms with Gasteiger partial charge in [0.15, 0.2) is 0 Å². The van der Waals surface area contributed by atoms with Gasteiger partial charge in [0.1, 0.15) is 5.69 Å². The smallest absolute Gasteiger partial charge is 0.204 e. The average molecular weight is 277 g/mol. The van der Waals surface area contributed by atoms with E-state index in [-0.39, 0.29) is 5.78 Å². The number of carbonyl (C=O) groups excluding carboxylic acids is 1. The minimum atomic E-state index is -0.0764. The summed E-state index contributed by atoms with van der Waals surface area (Å²) in [5, 5.41) is 0. The van der Waals surface area contributed by atoms with E-state index in [0.29, 0.717) is 5.69 Å². The molecule has 4 nitrogen and oxygen atoms in total. The van der Waals surface area contributed by atoms with Gasteiger partial charge in [0.2, 0.25) is 5.78 Å². The molecule has 2 aromatic rings. The molecule has 1 aromatic heterocycles. The highest BCUT2D eigenvalue weighted by Gasteiger charge is 2.18. The number of pyridine rings is 1. The second kappa shape index (κ2) is 5.32. The number of aromatic nitrogens is 1. The number of rotatable bonds is 2. The highest BCUT2D eigenvalue weighted by Crippen LogP contribution is 2.22. The van der Waals surface area contributed by atoms with Crippen LogP contribution >= 0.6 is 0 Å². The largest absolute Gasteiger partial charge is 0.378 e. The summed E-state index contributed by atoms with van der Waals surface area (Å²) in [5.74, 6) is -0.0764. The standard InChI is InChI=1S/C17H15N3O/c1-20(2)13-7-5-12(6-8-13)19-15-9-10-16(21)17-14(15)4-3-11-18-17/h3-11H,1-2H3. The normalized spacial score (nSPS) is 15.1. The Labute approximate surface area is 123 Å². The molecule has 4 heteroatoms. The predicted molar refractivity (Wildman–Crippen MR) is 84.7 cm³/mol. The maximum atomic E-state index is 11.8. The van der Waals surface area contributed by atoms with Crippen molar-refractivity contribution in [3.8, 4) is 0 Å². The number of aliphatic imine (C=N–C) groups is 1. The van der Waals surface area contributed by atoms with Gasteiger partial charge >= 0.3 is 0 Å². The van der Waals surface area contributed by atoms with Crippen LogP contribution in [-0.4, -0.2) is 30.6 Å². The second-order valence-electron chi connectivity index (χ2n) is 5.01. The summed E-state index contributed by atoms with van der Waals surface area (Å²) >= 11 is 0. The molecule has 0 N–H and O–H groups in total. The van der Waals surface area contributed by atoms with E-state index in [2.05, 4.69) is 9.98 Å². The second-order valence-corrected chi connectivity index (χ2v) is 5.01. The van der Waals surface area contributed by atoms with E-state index in [9.17, 15) is 4.79 Å². The minimum absolute atomic E-state index is 0.0764. The first-order valence-electron chi connectivity index (χ1n) is 6.69. The number of hydrogen-bond acceptors (Lipinski definition) is 4. The van der Waals surface area contributed by atoms with Crippen LogP contribution in [0.3, 0.4) is 0 Å². The molecule has 104 valence electrons. The van der Waals surface area contributed by atoms with Gasteiger partial charge in [-0.15, -0.1) is 0 Å². The summed E-state index contributed by atoms with van der Waals surface area (Å²) in [6, 6.07) is 11.6. The molecule has 0 bridgehead atoms. The number of hydrogen-bond donors (Lipinski definition) is 0. The van der Waals surface area contributed by atoms with Crippen LogP contribution in [0.4, 0.5) is 11.4 Å². The van der Waals surface area contributed by atoms with Crippen molar-refractivity contribution in [3.63, 3.8) is 0 Å². The van der Waals surface area contributed by atoms with E-state index in [1.54, 1.807) is 12.3 Å². The number of allylic oxidation sites excluding steroid dienone is 2. The van der Waals surface area contributed by atoms with Gasteiger partial charge < -0.3 is 4.90 Å². The lowest BCUT2D eigenvalue weighted by Gasteiger charge is -2.13. The van der Waals surface area contributed by atoms with Crippen molar-refractivity contribution in [3.05, 3.63) is 66.0 Å². The van der Waals surface area contributed by atoms with Gasteiger partial charge in [-0.3, -0.25) is 9.78 Å². The molecule has 0 radical (unpaired) electrons. The number of carbonyl (C=O) groups is 1. The van der Waals surface area contributed by atoms with E-state index in [4.69, 9.17) is 0 Å². The fourth-order valence-corrected chi connectivity index (χ4v) is 2.19. The third-order valence-corrected chi connectivity index (χ3v) is 3.33. The third kappa shape index (κ3) is 2.60. The van der Waals surface area contributed by atoms with E-state index in [0.717, 1.165) is 22.6 Å². The first kappa shape index (κ1) is 13.2. The molecule has 3 rings (SSSR count). The zero-order valence-corrected chi connectivity index (χ0v) is 11.9. The molecule has 0 fully saturated rings. The monoisotopic (exact) mass is 277 g/mol. The van der Waals surface area contributed by atoms with Gasteiger partial charge in [0, 0.05) is 31.5 Å². The van der Waals surface area contributed by atoms with Gasteiger partial charge in [0.05, 0.1) is 11.4 Å². The van der Waals surface area contributed by atoms with Crippen LogP contribution in [0.5, 0.6) is 0 Å². The summed E-state index contributed by atoms with van der Waals surface area (Å²) in [7, 11) is 4.00. The van der Waals surface area contributed by atoms with E-state index < -0.39 is 0 Å². The molecule has 1 aliphatic rings. The van der Waals surface area contributed by atoms with E-state index in [1.165, 1.54) is 6.08 Å². The fourth-order valence-electron chi connectivity index (χ4n) is 2.19. The lowest BCUT2D eigenvalue weighted by atomic mass is 9.99. The zero-order chi connectivity index (χ0) is 14.8. The molecule has 1 aliphatic carbocycles. The van der Waals surface area contributed by atoms with Gasteiger partial charge in [-0.1, -0.05) is 0 Å². The van der Waals surface area contributed by atoms with Crippen LogP contribution in [0, 0.1) is 0 Å². The highest BCUT2D eigenvalue weighted by molar-refractivity contribution is 6.23. The van der Waals surface area contributed by atoms with Crippen LogP contribution in [0.25, 0.3) is 0 Å². The molecule has 21 heavy (non-hydrogen) atoms. The van der Waals surface area contributed by atoms with Gasteiger partial charge in [-0.05, 0) is 48.6 Å². The van der Waals surface area contributed by atoms with Crippen LogP contribution in [0.1, 0.15) is 16.1 Å². The summed E-state index contributed by atoms with van der Waals surface area (Å²) in [4.78, 5) is 22.6. The van der Waals surface area contributed by atoms with Crippen molar-refractivity contribution < 1.29 is 4.79 Å². The Bertz CT molecular complexity index is 743. The molecule has 0 atom stereocenters. The van der Waals surface area contributed by atoms with Gasteiger partial charge in [-0.2, -0.15) is 0 Å². The molecule has 1 heterocycles. The van der Waals surface area contributed by atoms with Crippen LogP contribution < -0.4 is 4.90 Å². The molecule has 0 aliphatic heterocycles. The lowest BCUT2D eigenvalue weighted by molar-refractivity contribution is 0.104. The minimum Gasteiger partial charge on any atom is -0.378 e. The predicted octanol–water partition coefficient (Wildman–Crippen LogP) is 3.02. The van der Waals surface area contributed by atoms with Gasteiger partial charge in [-0.25, -0.2) is 4.99 Å². The molecule has 0 saturated heterocycles. The Morgan fingerprint density at radius 1 is 1.05 bits per heavy atom. The Hall–Kier alpha value is -2.75. The molecule has 1 aromatic carbocycles. The van der Waals surface area contributed by atoms with Crippen molar-refractivity contribution in [2.24, 2.45) is 4.99 Å². The van der Waals surface area contributed by atoms with Crippen LogP contribution in [0.15, 0.2) is 59.7 Å². The zero-order valence-electron chi connectivity index (χ0n) is 11.9. The lowest BCUT2D eigenvalue weighted by Crippen LogP contribution is -2.13. The maximum Gasteiger partial charge on any atom is 0.204 e. The molecule has 0 unspecified atom stereocenters. The number of fused-ring (bicyclic) bond motifs is 1. The van der Waals surface area contributed by atoms with Crippen LogP contribution in [0.2, 0.25) is 0 Å². The topological polar surface area (TPSA) is 45.6 Å². The first-order valence-corrected chi connectivity index (χ1v) is 6.69. The first-order chi connectivity index (χ1) is 10.1. The summed E-state index contributed by atoms with van der Waals surface area (Å²) in [5.41, 5.74) is 3.97. The van der Waals surface area contributed by atoms with Crippen molar-refractivity contribution >= 4 is 22.9 Å². The number of ketones is 1. The maximum absolute atomic E-state index is 11.8. The Morgan fingerprint density at radius 2 is 1.81 bits per heavy atom. The van der Waals surface area contributed by atoms with Gasteiger partial charge in [0.25, 0.3) is 0 Å². The van der Waals surface area contributed by atoms with E-state index >= 15 is 0 Å². The Kier molecular flexibility index (Phi) is 3.36. The van der Waals surface area contributed by atoms with Crippen molar-refractivity contribution in [1.82, 2.24) is 4.98 Å². The van der Waals surface area contributed by atoms with Crippen LogP contribution in [-0.2, 0) is 0 Å². The SMILES string of the molecule is CN(C)c1ccc(N=C2C=CC(=O)c3ncccc32)cc1. The summed E-state index contributed by atoms with van der Waals surface area (Å²) < 4.78 is 0. The molecule has 0 saturated carbocycles. The summed E-state index contributed by atoms with van der Waals surface area (Å²) in [6.45, 7) is 0. The molecular formula is C17H15N3O. The highest BCUT2D eigenvalue weighted by atomic mass is 16.1. The Morgan fingerprint density at radius 3 is 2.52 bits per heavy atom. The van der Waals surface area contributed by atoms with Crippen molar-refractivity contribution in [2.45, 2.75) is 0 Å². The number of benzene rings is 1. The Balaban J connectivity index is 2.00. The van der Waals surface area contributed by atoms with Crippen molar-refractivity contribution in [2.75, 3.05) is 19.0 Å². The molecule has 0 amide bonds. The van der Waals surface area contributed by atoms with E-state index in [1.807, 2.05) is 55.4 Å². The average Bonchev–Trinajstić information content (AvgIpc) is 2.51. The summed E-state index contributed by atoms with van der Waals surface area (Å²) in [6.07, 6.45) is 4.88.